The van der Waals surface area contributed by atoms with Crippen LogP contribution in [-0.4, -0.2) is 14.5 Å². The Labute approximate surface area is 129 Å². The van der Waals surface area contributed by atoms with Gasteiger partial charge in [-0.15, -0.1) is 6.42 Å². The van der Waals surface area contributed by atoms with Gasteiger partial charge in [-0.25, -0.2) is 4.98 Å². The maximum absolute atomic E-state index is 5.69. The van der Waals surface area contributed by atoms with E-state index in [1.807, 2.05) is 29.7 Å². The minimum absolute atomic E-state index is 0.728. The number of hydrogen-bond acceptors (Lipinski definition) is 2. The van der Waals surface area contributed by atoms with Gasteiger partial charge in [-0.3, -0.25) is 9.55 Å². The highest BCUT2D eigenvalue weighted by atomic mass is 15.0. The molecule has 0 fully saturated rings. The van der Waals surface area contributed by atoms with Crippen molar-refractivity contribution in [1.82, 2.24) is 14.5 Å². The molecule has 3 heteroatoms. The fraction of sp³-hybridized carbons (Fsp3) is 0.158. The van der Waals surface area contributed by atoms with Gasteiger partial charge in [0, 0.05) is 11.4 Å². The van der Waals surface area contributed by atoms with Crippen LogP contribution in [0.2, 0.25) is 0 Å². The topological polar surface area (TPSA) is 30.7 Å². The first-order valence-corrected chi connectivity index (χ1v) is 7.28. The van der Waals surface area contributed by atoms with Gasteiger partial charge in [0.1, 0.15) is 6.33 Å². The third-order valence-corrected chi connectivity index (χ3v) is 3.70. The molecular weight excluding hydrogens is 270 g/mol. The first-order chi connectivity index (χ1) is 10.8. The summed E-state index contributed by atoms with van der Waals surface area (Å²) in [6.45, 7) is 5.98. The SMILES string of the molecule is C#Cc1cnc2c(c1-n1cnc(=C)/c1=C\C=C/C)=CCCC=2. The molecule has 2 heterocycles. The molecule has 2 aromatic rings. The normalized spacial score (nSPS) is 14.3. The zero-order valence-electron chi connectivity index (χ0n) is 12.6. The van der Waals surface area contributed by atoms with Crippen LogP contribution in [0.15, 0.2) is 24.7 Å². The van der Waals surface area contributed by atoms with Gasteiger partial charge in [0.2, 0.25) is 0 Å². The molecule has 1 aliphatic rings. The molecule has 0 saturated carbocycles. The molecule has 3 rings (SSSR count). The highest BCUT2D eigenvalue weighted by Gasteiger charge is 2.10. The van der Waals surface area contributed by atoms with Crippen LogP contribution in [0.3, 0.4) is 0 Å². The summed E-state index contributed by atoms with van der Waals surface area (Å²) in [5, 5.41) is 3.72. The Morgan fingerprint density at radius 3 is 2.91 bits per heavy atom. The zero-order valence-corrected chi connectivity index (χ0v) is 12.6. The number of pyridine rings is 1. The Bertz CT molecular complexity index is 1010. The van der Waals surface area contributed by atoms with Gasteiger partial charge in [-0.05, 0) is 25.8 Å². The molecule has 0 radical (unpaired) electrons. The van der Waals surface area contributed by atoms with Gasteiger partial charge in [0.25, 0.3) is 0 Å². The Balaban J connectivity index is 2.46. The van der Waals surface area contributed by atoms with Crippen LogP contribution in [-0.2, 0) is 0 Å². The molecule has 3 nitrogen and oxygen atoms in total. The van der Waals surface area contributed by atoms with E-state index in [1.165, 1.54) is 0 Å². The minimum Gasteiger partial charge on any atom is -0.297 e. The van der Waals surface area contributed by atoms with Crippen molar-refractivity contribution in [2.75, 3.05) is 0 Å². The fourth-order valence-electron chi connectivity index (χ4n) is 2.64. The first-order valence-electron chi connectivity index (χ1n) is 7.28. The number of rotatable bonds is 2. The second-order valence-corrected chi connectivity index (χ2v) is 5.09. The summed E-state index contributed by atoms with van der Waals surface area (Å²) in [6, 6.07) is 0. The van der Waals surface area contributed by atoms with Gasteiger partial charge in [-0.1, -0.05) is 36.8 Å². The van der Waals surface area contributed by atoms with Crippen molar-refractivity contribution in [3.05, 3.63) is 51.5 Å². The van der Waals surface area contributed by atoms with Crippen LogP contribution >= 0.6 is 0 Å². The van der Waals surface area contributed by atoms with E-state index in [0.29, 0.717) is 0 Å². The minimum atomic E-state index is 0.728. The van der Waals surface area contributed by atoms with Crippen LogP contribution in [0.1, 0.15) is 25.3 Å². The predicted octanol–water partition coefficient (Wildman–Crippen LogP) is 0.370. The van der Waals surface area contributed by atoms with Crippen molar-refractivity contribution < 1.29 is 0 Å². The smallest absolute Gasteiger partial charge is 0.100 e. The molecule has 0 N–H and O–H groups in total. The van der Waals surface area contributed by atoms with Crippen LogP contribution in [0, 0.1) is 12.3 Å². The van der Waals surface area contributed by atoms with E-state index in [2.05, 4.69) is 34.6 Å². The molecule has 108 valence electrons. The van der Waals surface area contributed by atoms with Crippen molar-refractivity contribution in [3.63, 3.8) is 0 Å². The molecular formula is C19H17N3. The number of allylic oxidation sites excluding steroid dienone is 2. The van der Waals surface area contributed by atoms with E-state index in [1.54, 1.807) is 12.5 Å². The summed E-state index contributed by atoms with van der Waals surface area (Å²) >= 11 is 0. The van der Waals surface area contributed by atoms with E-state index in [4.69, 9.17) is 6.42 Å². The highest BCUT2D eigenvalue weighted by Crippen LogP contribution is 2.05. The Hall–Kier alpha value is -2.86. The lowest BCUT2D eigenvalue weighted by Crippen LogP contribution is -2.38. The molecule has 0 saturated heterocycles. The molecule has 0 spiro atoms. The summed E-state index contributed by atoms with van der Waals surface area (Å²) in [4.78, 5) is 8.82. The molecule has 0 aliphatic heterocycles. The molecule has 0 bridgehead atoms. The fourth-order valence-corrected chi connectivity index (χ4v) is 2.64. The largest absolute Gasteiger partial charge is 0.297 e. The predicted molar refractivity (Wildman–Crippen MR) is 90.8 cm³/mol. The van der Waals surface area contributed by atoms with Crippen molar-refractivity contribution >= 4 is 24.8 Å². The summed E-state index contributed by atoms with van der Waals surface area (Å²) < 4.78 is 2.01. The van der Waals surface area contributed by atoms with Crippen molar-refractivity contribution in [2.24, 2.45) is 0 Å². The lowest BCUT2D eigenvalue weighted by Gasteiger charge is -2.10. The maximum atomic E-state index is 5.69. The average molecular weight is 287 g/mol. The first kappa shape index (κ1) is 14.1. The number of aromatic nitrogens is 3. The van der Waals surface area contributed by atoms with Gasteiger partial charge in [0.15, 0.2) is 0 Å². The van der Waals surface area contributed by atoms with Gasteiger partial charge < -0.3 is 0 Å². The summed E-state index contributed by atoms with van der Waals surface area (Å²) in [7, 11) is 0. The molecule has 0 amide bonds. The van der Waals surface area contributed by atoms with Crippen LogP contribution < -0.4 is 21.3 Å². The quantitative estimate of drug-likeness (QED) is 0.747. The Morgan fingerprint density at radius 1 is 1.32 bits per heavy atom. The zero-order chi connectivity index (χ0) is 15.5. The summed E-state index contributed by atoms with van der Waals surface area (Å²) in [5.41, 5.74) is 1.72. The van der Waals surface area contributed by atoms with Crippen molar-refractivity contribution in [3.8, 4) is 18.0 Å². The molecule has 1 aliphatic carbocycles. The van der Waals surface area contributed by atoms with Crippen molar-refractivity contribution in [1.29, 1.82) is 0 Å². The van der Waals surface area contributed by atoms with Gasteiger partial charge >= 0.3 is 0 Å². The molecule has 0 aromatic carbocycles. The summed E-state index contributed by atoms with van der Waals surface area (Å²) in [5.74, 6) is 2.74. The molecule has 22 heavy (non-hydrogen) atoms. The second kappa shape index (κ2) is 5.87. The monoisotopic (exact) mass is 287 g/mol. The van der Waals surface area contributed by atoms with Crippen LogP contribution in [0.4, 0.5) is 0 Å². The van der Waals surface area contributed by atoms with E-state index >= 15 is 0 Å². The Kier molecular flexibility index (Phi) is 3.76. The van der Waals surface area contributed by atoms with Crippen LogP contribution in [0.5, 0.6) is 0 Å². The van der Waals surface area contributed by atoms with E-state index in [-0.39, 0.29) is 0 Å². The molecule has 0 unspecified atom stereocenters. The lowest BCUT2D eigenvalue weighted by atomic mass is 10.1. The molecule has 0 atom stereocenters. The standard InChI is InChI=1S/C19H17N3/c1-4-6-11-18-14(3)21-13-22(18)19-15(5-2)12-20-17-10-8-7-9-16(17)19/h2,4,6,9-13H,3,7-8H2,1H3/b6-4-,18-11+. The van der Waals surface area contributed by atoms with E-state index in [9.17, 15) is 0 Å². The number of fused-ring (bicyclic) bond motifs is 1. The third kappa shape index (κ3) is 2.29. The van der Waals surface area contributed by atoms with E-state index in [0.717, 1.165) is 45.4 Å². The summed E-state index contributed by atoms with van der Waals surface area (Å²) in [6.07, 6.45) is 21.5. The number of imidazole rings is 1. The maximum Gasteiger partial charge on any atom is 0.100 e. The Morgan fingerprint density at radius 2 is 2.14 bits per heavy atom. The average Bonchev–Trinajstić information content (AvgIpc) is 2.92. The highest BCUT2D eigenvalue weighted by molar-refractivity contribution is 5.55. The number of hydrogen-bond donors (Lipinski definition) is 0. The lowest BCUT2D eigenvalue weighted by molar-refractivity contribution is 0.970. The van der Waals surface area contributed by atoms with Crippen molar-refractivity contribution in [2.45, 2.75) is 19.8 Å². The van der Waals surface area contributed by atoms with E-state index < -0.39 is 0 Å². The number of nitrogens with zero attached hydrogens (tertiary/aromatic N) is 3. The number of terminal acetylenes is 1. The molecule has 2 aromatic heterocycles. The van der Waals surface area contributed by atoms with Gasteiger partial charge in [-0.2, -0.15) is 0 Å². The van der Waals surface area contributed by atoms with Crippen LogP contribution in [0.25, 0.3) is 30.5 Å². The third-order valence-electron chi connectivity index (χ3n) is 3.70. The second-order valence-electron chi connectivity index (χ2n) is 5.09. The van der Waals surface area contributed by atoms with Gasteiger partial charge in [0.05, 0.1) is 27.3 Å².